The van der Waals surface area contributed by atoms with Crippen molar-refractivity contribution < 1.29 is 33.5 Å². The highest BCUT2D eigenvalue weighted by Gasteiger charge is 2.44. The minimum absolute atomic E-state index is 0.0210. The molecule has 2 amide bonds. The summed E-state index contributed by atoms with van der Waals surface area (Å²) in [6.45, 7) is 16.6. The summed E-state index contributed by atoms with van der Waals surface area (Å²) in [6, 6.07) is 18.7. The van der Waals surface area contributed by atoms with Gasteiger partial charge in [0.2, 0.25) is 11.8 Å². The van der Waals surface area contributed by atoms with Gasteiger partial charge in [0.1, 0.15) is 41.3 Å². The van der Waals surface area contributed by atoms with Crippen LogP contribution in [0.5, 0.6) is 11.8 Å². The number of fused-ring (bicyclic) bond motifs is 4. The van der Waals surface area contributed by atoms with Crippen molar-refractivity contribution in [2.75, 3.05) is 82.4 Å². The van der Waals surface area contributed by atoms with Gasteiger partial charge in [0.15, 0.2) is 17.4 Å². The van der Waals surface area contributed by atoms with E-state index in [1.807, 2.05) is 81.7 Å². The molecule has 5 fully saturated rings. The maximum Gasteiger partial charge on any atom is 0.319 e. The largest absolute Gasteiger partial charge is 0.508 e. The number of nitrogens with zero attached hydrogens (tertiary/aromatic N) is 10. The number of rotatable bonds is 16. The van der Waals surface area contributed by atoms with E-state index in [0.29, 0.717) is 53.0 Å². The van der Waals surface area contributed by atoms with Crippen LogP contribution in [0.1, 0.15) is 81.5 Å². The fourth-order valence-corrected chi connectivity index (χ4v) is 13.7. The number of benzene rings is 3. The second kappa shape index (κ2) is 22.2. The van der Waals surface area contributed by atoms with Crippen molar-refractivity contribution in [2.24, 2.45) is 11.8 Å². The molecule has 5 aliphatic rings. The number of aryl methyl sites for hydroxylation is 2. The third kappa shape index (κ3) is 10.6. The highest BCUT2D eigenvalue weighted by Crippen LogP contribution is 2.40. The van der Waals surface area contributed by atoms with Gasteiger partial charge in [-0.05, 0) is 85.7 Å². The van der Waals surface area contributed by atoms with E-state index < -0.39 is 23.9 Å². The SMILES string of the molecule is CCc1cccc2cc(O)cc(-c3ncc4c(N5CC6CCC(C5)N6)nc(OC[C@H]5CN(CC6CN(c7cc([C@@H](C(=O)N8C[C@H](O)C[C@H]8C(=O)N[C@@H](C)c8ccc(-c9scnc9C)cc8)C(C)C)on7)C6)CCN5C)nc4c3F)c12. The standard InChI is InChI=1S/C60H71FN12O6S/c1-7-37-9-8-10-40-19-44(74)20-46(52(37)40)54-53(61)55-47(23-62-54)57(72-27-41-15-16-42(28-72)65-41)67-60(66-55)78-31-43-29-70(18-17-69(43)6)24-36-25-71(26-36)50-22-49(79-68-50)51(33(2)3)59(77)73-30-45(75)21-48(73)58(76)64-34(4)38-11-13-39(14-12-38)56-35(5)63-32-80-56/h8-14,19-20,22-23,32-34,36,41-43,45,48,51,65,74-75H,7,15-18,21,24-31H2,1-6H3,(H,64,76)/t34-,41?,42?,43+,45+,48-,51-/m0/s1. The number of likely N-dealkylation sites (N-methyl/N-ethyl adjacent to an activating group) is 1. The third-order valence-corrected chi connectivity index (χ3v) is 18.3. The molecule has 7 aromatic rings. The van der Waals surface area contributed by atoms with Crippen molar-refractivity contribution >= 4 is 56.5 Å². The molecular weight excluding hydrogens is 1040 g/mol. The number of hydrogen-bond acceptors (Lipinski definition) is 17. The van der Waals surface area contributed by atoms with Crippen molar-refractivity contribution in [1.29, 1.82) is 0 Å². The molecule has 2 bridgehead atoms. The Morgan fingerprint density at radius 1 is 0.963 bits per heavy atom. The van der Waals surface area contributed by atoms with E-state index in [1.54, 1.807) is 29.7 Å². The van der Waals surface area contributed by atoms with Gasteiger partial charge in [-0.25, -0.2) is 9.37 Å². The Balaban J connectivity index is 0.689. The number of phenols is 1. The number of amides is 2. The van der Waals surface area contributed by atoms with Crippen LogP contribution in [0, 0.1) is 24.6 Å². The topological polar surface area (TPSA) is 202 Å². The Labute approximate surface area is 469 Å². The van der Waals surface area contributed by atoms with Crippen LogP contribution in [-0.4, -0.2) is 165 Å². The third-order valence-electron chi connectivity index (χ3n) is 17.3. The monoisotopic (exact) mass is 1110 g/mol. The van der Waals surface area contributed by atoms with E-state index in [1.165, 1.54) is 4.90 Å². The van der Waals surface area contributed by atoms with Gasteiger partial charge < -0.3 is 44.8 Å². The minimum Gasteiger partial charge on any atom is -0.508 e. The number of nitrogens with one attached hydrogen (secondary N) is 2. The molecule has 5 aliphatic heterocycles. The molecule has 2 unspecified atom stereocenters. The molecule has 3 aromatic carbocycles. The van der Waals surface area contributed by atoms with Crippen molar-refractivity contribution in [1.82, 2.24) is 50.4 Å². The van der Waals surface area contributed by atoms with Crippen LogP contribution >= 0.6 is 11.3 Å². The average Bonchev–Trinajstić information content (AvgIpc) is 4.29. The lowest BCUT2D eigenvalue weighted by Crippen LogP contribution is -2.58. The Morgan fingerprint density at radius 3 is 2.49 bits per heavy atom. The highest BCUT2D eigenvalue weighted by atomic mass is 32.1. The summed E-state index contributed by atoms with van der Waals surface area (Å²) in [5.74, 6) is 0.103. The molecular formula is C60H71FN12O6S. The highest BCUT2D eigenvalue weighted by molar-refractivity contribution is 7.13. The first-order valence-electron chi connectivity index (χ1n) is 28.3. The van der Waals surface area contributed by atoms with Crippen LogP contribution in [0.4, 0.5) is 16.0 Å². The van der Waals surface area contributed by atoms with Gasteiger partial charge in [0.25, 0.3) is 0 Å². The number of β-amino-alcohol motifs (C(OH)–C–C–N with tert-alkyl or cyclic N) is 1. The second-order valence-electron chi connectivity index (χ2n) is 23.2. The normalized spacial score (nSPS) is 22.6. The summed E-state index contributed by atoms with van der Waals surface area (Å²) in [4.78, 5) is 59.0. The number of halogens is 1. The van der Waals surface area contributed by atoms with Crippen LogP contribution in [0.25, 0.3) is 43.4 Å². The number of phenolic OH excluding ortho intramolecular Hbond substituents is 1. The average molecular weight is 1110 g/mol. The van der Waals surface area contributed by atoms with Gasteiger partial charge in [-0.2, -0.15) is 9.97 Å². The summed E-state index contributed by atoms with van der Waals surface area (Å²) in [5, 5.41) is 35.1. The number of piperazine rings is 2. The molecule has 18 nitrogen and oxygen atoms in total. The number of aliphatic hydroxyl groups is 1. The molecule has 0 spiro atoms. The minimum atomic E-state index is -0.832. The number of carbonyl (C=O) groups is 2. The molecule has 5 saturated heterocycles. The Hall–Kier alpha value is -6.84. The molecule has 7 atom stereocenters. The molecule has 0 aliphatic carbocycles. The Kier molecular flexibility index (Phi) is 15.0. The number of hydrogen-bond donors (Lipinski definition) is 4. The van der Waals surface area contributed by atoms with Gasteiger partial charge in [0, 0.05) is 101 Å². The lowest BCUT2D eigenvalue weighted by molar-refractivity contribution is -0.141. The number of anilines is 2. The van der Waals surface area contributed by atoms with E-state index in [4.69, 9.17) is 24.2 Å². The van der Waals surface area contributed by atoms with Gasteiger partial charge in [-0.1, -0.05) is 68.4 Å². The molecule has 4 aromatic heterocycles. The zero-order valence-corrected chi connectivity index (χ0v) is 47.1. The molecule has 0 radical (unpaired) electrons. The molecule has 12 rings (SSSR count). The maximum atomic E-state index is 17.3. The second-order valence-corrected chi connectivity index (χ2v) is 24.1. The summed E-state index contributed by atoms with van der Waals surface area (Å²) in [5.41, 5.74) is 6.61. The predicted molar refractivity (Wildman–Crippen MR) is 307 cm³/mol. The zero-order valence-electron chi connectivity index (χ0n) is 46.3. The van der Waals surface area contributed by atoms with Crippen LogP contribution in [0.15, 0.2) is 76.9 Å². The van der Waals surface area contributed by atoms with E-state index in [9.17, 15) is 19.8 Å². The van der Waals surface area contributed by atoms with Crippen molar-refractivity contribution in [3.05, 3.63) is 101 Å². The Bertz CT molecular complexity index is 3410. The first-order chi connectivity index (χ1) is 38.7. The molecule has 0 saturated carbocycles. The van der Waals surface area contributed by atoms with Crippen molar-refractivity contribution in [3.8, 4) is 33.5 Å². The van der Waals surface area contributed by atoms with E-state index in [-0.39, 0.29) is 65.8 Å². The van der Waals surface area contributed by atoms with Crippen LogP contribution < -0.4 is 25.2 Å². The number of carbonyl (C=O) groups excluding carboxylic acids is 2. The Morgan fingerprint density at radius 2 is 1.75 bits per heavy atom. The molecule has 80 heavy (non-hydrogen) atoms. The number of thiazole rings is 1. The molecule has 420 valence electrons. The summed E-state index contributed by atoms with van der Waals surface area (Å²) in [7, 11) is 2.10. The zero-order chi connectivity index (χ0) is 55.5. The van der Waals surface area contributed by atoms with E-state index in [2.05, 4.69) is 54.3 Å². The van der Waals surface area contributed by atoms with Crippen LogP contribution in [0.2, 0.25) is 0 Å². The molecule has 9 heterocycles. The number of ether oxygens (including phenoxy) is 1. The lowest BCUT2D eigenvalue weighted by Gasteiger charge is -2.45. The lowest BCUT2D eigenvalue weighted by atomic mass is 9.91. The summed E-state index contributed by atoms with van der Waals surface area (Å²) < 4.78 is 29.8. The van der Waals surface area contributed by atoms with Gasteiger partial charge >= 0.3 is 6.01 Å². The van der Waals surface area contributed by atoms with Crippen molar-refractivity contribution in [3.63, 3.8) is 0 Å². The fraction of sp³-hybridized carbons (Fsp3) is 0.483. The molecule has 20 heteroatoms. The van der Waals surface area contributed by atoms with Crippen molar-refractivity contribution in [2.45, 2.75) is 103 Å². The first kappa shape index (κ1) is 53.8. The number of pyridine rings is 1. The quantitative estimate of drug-likeness (QED) is 0.0749. The van der Waals surface area contributed by atoms with Crippen LogP contribution in [0.3, 0.4) is 0 Å². The number of aromatic hydroxyl groups is 1. The van der Waals surface area contributed by atoms with Gasteiger partial charge in [-0.3, -0.25) is 24.4 Å². The first-order valence-corrected chi connectivity index (χ1v) is 29.2. The van der Waals surface area contributed by atoms with Gasteiger partial charge in [0.05, 0.1) is 39.7 Å². The predicted octanol–water partition coefficient (Wildman–Crippen LogP) is 7.32. The maximum absolute atomic E-state index is 17.3. The van der Waals surface area contributed by atoms with Crippen LogP contribution in [-0.2, 0) is 16.0 Å². The molecule has 4 N–H and O–H groups in total. The summed E-state index contributed by atoms with van der Waals surface area (Å²) in [6.07, 6.45) is 3.87. The fourth-order valence-electron chi connectivity index (χ4n) is 12.9. The summed E-state index contributed by atoms with van der Waals surface area (Å²) >= 11 is 1.59. The smallest absolute Gasteiger partial charge is 0.319 e. The van der Waals surface area contributed by atoms with E-state index >= 15 is 4.39 Å². The number of aliphatic hydroxyl groups excluding tert-OH is 1. The number of likely N-dealkylation sites (tertiary alicyclic amines) is 1. The number of aromatic nitrogens is 5. The van der Waals surface area contributed by atoms with Gasteiger partial charge in [-0.15, -0.1) is 11.3 Å². The van der Waals surface area contributed by atoms with E-state index in [0.717, 1.165) is 110 Å².